The molecule has 5 heteroatoms. The van der Waals surface area contributed by atoms with Crippen molar-refractivity contribution in [2.75, 3.05) is 7.05 Å². The maximum atomic E-state index is 12.9. The number of amides is 1. The second-order valence-electron chi connectivity index (χ2n) is 6.54. The zero-order valence-electron chi connectivity index (χ0n) is 15.2. The molecule has 4 nitrogen and oxygen atoms in total. The number of rotatable bonds is 5. The molecular formula is C21H22ClN3O. The maximum absolute atomic E-state index is 12.9. The van der Waals surface area contributed by atoms with Crippen molar-refractivity contribution in [2.24, 2.45) is 0 Å². The van der Waals surface area contributed by atoms with E-state index in [2.05, 4.69) is 17.2 Å². The number of aryl methyl sites for hydroxylation is 2. The molecule has 0 unspecified atom stereocenters. The smallest absolute Gasteiger partial charge is 0.258 e. The number of hydrogen-bond donors (Lipinski definition) is 0. The summed E-state index contributed by atoms with van der Waals surface area (Å²) in [4.78, 5) is 14.6. The second-order valence-corrected chi connectivity index (χ2v) is 6.90. The summed E-state index contributed by atoms with van der Waals surface area (Å²) in [5.74, 6) is -0.119. The zero-order valence-corrected chi connectivity index (χ0v) is 16.0. The molecule has 0 spiro atoms. The Bertz CT molecular complexity index is 901. The van der Waals surface area contributed by atoms with Gasteiger partial charge in [0.15, 0.2) is 0 Å². The van der Waals surface area contributed by atoms with Crippen LogP contribution in [-0.2, 0) is 13.1 Å². The van der Waals surface area contributed by atoms with Gasteiger partial charge in [-0.2, -0.15) is 5.10 Å². The molecule has 0 radical (unpaired) electrons. The van der Waals surface area contributed by atoms with Crippen molar-refractivity contribution in [3.8, 4) is 0 Å². The number of halogens is 1. The highest BCUT2D eigenvalue weighted by Gasteiger charge is 2.23. The second kappa shape index (κ2) is 7.75. The van der Waals surface area contributed by atoms with Crippen LogP contribution in [0.4, 0.5) is 0 Å². The van der Waals surface area contributed by atoms with E-state index in [-0.39, 0.29) is 5.91 Å². The van der Waals surface area contributed by atoms with Crippen LogP contribution in [0, 0.1) is 13.8 Å². The van der Waals surface area contributed by atoms with Gasteiger partial charge in [0.25, 0.3) is 5.91 Å². The molecule has 1 amide bonds. The van der Waals surface area contributed by atoms with Gasteiger partial charge in [-0.25, -0.2) is 4.68 Å². The van der Waals surface area contributed by atoms with Crippen LogP contribution in [0.25, 0.3) is 0 Å². The molecule has 0 saturated heterocycles. The minimum atomic E-state index is -0.119. The molecule has 0 aliphatic heterocycles. The molecule has 1 aromatic heterocycles. The lowest BCUT2D eigenvalue weighted by Gasteiger charge is -2.17. The molecule has 3 rings (SSSR count). The van der Waals surface area contributed by atoms with Crippen LogP contribution in [0.1, 0.15) is 32.7 Å². The summed E-state index contributed by atoms with van der Waals surface area (Å²) in [5.41, 5.74) is 4.49. The van der Waals surface area contributed by atoms with Crippen molar-refractivity contribution in [1.82, 2.24) is 14.7 Å². The van der Waals surface area contributed by atoms with Gasteiger partial charge in [0.2, 0.25) is 0 Å². The minimum Gasteiger partial charge on any atom is -0.337 e. The number of aromatic nitrogens is 2. The molecule has 0 bridgehead atoms. The first-order chi connectivity index (χ1) is 12.5. The Hall–Kier alpha value is -2.59. The van der Waals surface area contributed by atoms with Crippen LogP contribution in [0.2, 0.25) is 5.15 Å². The third-order valence-corrected chi connectivity index (χ3v) is 4.73. The lowest BCUT2D eigenvalue weighted by Crippen LogP contribution is -2.26. The summed E-state index contributed by atoms with van der Waals surface area (Å²) < 4.78 is 1.69. The fourth-order valence-electron chi connectivity index (χ4n) is 2.89. The van der Waals surface area contributed by atoms with E-state index in [1.807, 2.05) is 56.3 Å². The van der Waals surface area contributed by atoms with Crippen molar-refractivity contribution in [3.63, 3.8) is 0 Å². The van der Waals surface area contributed by atoms with Crippen molar-refractivity contribution >= 4 is 17.5 Å². The Kier molecular flexibility index (Phi) is 5.43. The Morgan fingerprint density at radius 2 is 1.69 bits per heavy atom. The van der Waals surface area contributed by atoms with E-state index >= 15 is 0 Å². The Balaban J connectivity index is 1.80. The van der Waals surface area contributed by atoms with E-state index in [0.29, 0.717) is 29.5 Å². The molecule has 134 valence electrons. The van der Waals surface area contributed by atoms with E-state index in [4.69, 9.17) is 11.6 Å². The quantitative estimate of drug-likeness (QED) is 0.667. The Morgan fingerprint density at radius 1 is 1.04 bits per heavy atom. The molecule has 0 atom stereocenters. The number of hydrogen-bond acceptors (Lipinski definition) is 2. The molecule has 0 saturated carbocycles. The highest BCUT2D eigenvalue weighted by atomic mass is 35.5. The van der Waals surface area contributed by atoms with Crippen molar-refractivity contribution in [3.05, 3.63) is 87.7 Å². The standard InChI is InChI=1S/C21H22ClN3O/c1-15-9-11-18(12-10-15)14-25-20(22)19(16(2)23-25)21(26)24(3)13-17-7-5-4-6-8-17/h4-12H,13-14H2,1-3H3. The number of carbonyl (C=O) groups excluding carboxylic acids is 1. The summed E-state index contributed by atoms with van der Waals surface area (Å²) in [6, 6.07) is 18.1. The molecule has 0 N–H and O–H groups in total. The van der Waals surface area contributed by atoms with Gasteiger partial charge in [0.1, 0.15) is 5.15 Å². The van der Waals surface area contributed by atoms with Gasteiger partial charge in [0.05, 0.1) is 17.8 Å². The van der Waals surface area contributed by atoms with Crippen LogP contribution in [-0.4, -0.2) is 27.6 Å². The molecular weight excluding hydrogens is 346 g/mol. The van der Waals surface area contributed by atoms with Crippen LogP contribution in [0.3, 0.4) is 0 Å². The average Bonchev–Trinajstić information content (AvgIpc) is 2.90. The van der Waals surface area contributed by atoms with Gasteiger partial charge < -0.3 is 4.90 Å². The van der Waals surface area contributed by atoms with Crippen LogP contribution in [0.15, 0.2) is 54.6 Å². The van der Waals surface area contributed by atoms with Crippen LogP contribution in [0.5, 0.6) is 0 Å². The van der Waals surface area contributed by atoms with Crippen molar-refractivity contribution in [1.29, 1.82) is 0 Å². The molecule has 0 aliphatic rings. The summed E-state index contributed by atoms with van der Waals surface area (Å²) in [5, 5.41) is 4.86. The predicted molar refractivity (Wildman–Crippen MR) is 104 cm³/mol. The van der Waals surface area contributed by atoms with Gasteiger partial charge in [-0.1, -0.05) is 71.8 Å². The largest absolute Gasteiger partial charge is 0.337 e. The molecule has 0 aliphatic carbocycles. The summed E-state index contributed by atoms with van der Waals surface area (Å²) in [6.07, 6.45) is 0. The molecule has 3 aromatic rings. The third-order valence-electron chi connectivity index (χ3n) is 4.34. The Morgan fingerprint density at radius 3 is 2.35 bits per heavy atom. The number of benzene rings is 2. The fourth-order valence-corrected chi connectivity index (χ4v) is 3.20. The minimum absolute atomic E-state index is 0.119. The summed E-state index contributed by atoms with van der Waals surface area (Å²) >= 11 is 6.51. The van der Waals surface area contributed by atoms with E-state index < -0.39 is 0 Å². The molecule has 2 aromatic carbocycles. The van der Waals surface area contributed by atoms with E-state index in [0.717, 1.165) is 11.1 Å². The first-order valence-electron chi connectivity index (χ1n) is 8.53. The Labute approximate surface area is 159 Å². The lowest BCUT2D eigenvalue weighted by molar-refractivity contribution is 0.0784. The summed E-state index contributed by atoms with van der Waals surface area (Å²) in [6.45, 7) is 4.93. The van der Waals surface area contributed by atoms with Crippen LogP contribution < -0.4 is 0 Å². The van der Waals surface area contributed by atoms with Gasteiger partial charge in [-0.05, 0) is 25.0 Å². The van der Waals surface area contributed by atoms with E-state index in [1.165, 1.54) is 5.56 Å². The van der Waals surface area contributed by atoms with Gasteiger partial charge in [-0.3, -0.25) is 4.79 Å². The van der Waals surface area contributed by atoms with Gasteiger partial charge in [-0.15, -0.1) is 0 Å². The fraction of sp³-hybridized carbons (Fsp3) is 0.238. The highest BCUT2D eigenvalue weighted by molar-refractivity contribution is 6.33. The van der Waals surface area contributed by atoms with Gasteiger partial charge in [0, 0.05) is 13.6 Å². The first kappa shape index (κ1) is 18.2. The molecule has 0 fully saturated rings. The third kappa shape index (κ3) is 3.97. The lowest BCUT2D eigenvalue weighted by atomic mass is 10.1. The van der Waals surface area contributed by atoms with Crippen molar-refractivity contribution in [2.45, 2.75) is 26.9 Å². The highest BCUT2D eigenvalue weighted by Crippen LogP contribution is 2.23. The van der Waals surface area contributed by atoms with Crippen molar-refractivity contribution < 1.29 is 4.79 Å². The maximum Gasteiger partial charge on any atom is 0.258 e. The van der Waals surface area contributed by atoms with Gasteiger partial charge >= 0.3 is 0 Å². The molecule has 26 heavy (non-hydrogen) atoms. The number of nitrogens with zero attached hydrogens (tertiary/aromatic N) is 3. The zero-order chi connectivity index (χ0) is 18.7. The normalized spacial score (nSPS) is 10.8. The topological polar surface area (TPSA) is 38.1 Å². The predicted octanol–water partition coefficient (Wildman–Crippen LogP) is 4.47. The van der Waals surface area contributed by atoms with Crippen LogP contribution >= 0.6 is 11.6 Å². The SMILES string of the molecule is Cc1ccc(Cn2nc(C)c(C(=O)N(C)Cc3ccccc3)c2Cl)cc1. The van der Waals surface area contributed by atoms with E-state index in [9.17, 15) is 4.79 Å². The monoisotopic (exact) mass is 367 g/mol. The van der Waals surface area contributed by atoms with E-state index in [1.54, 1.807) is 16.6 Å². The molecule has 1 heterocycles. The number of carbonyl (C=O) groups is 1. The summed E-state index contributed by atoms with van der Waals surface area (Å²) in [7, 11) is 1.78. The first-order valence-corrected chi connectivity index (χ1v) is 8.91. The average molecular weight is 368 g/mol.